The Morgan fingerprint density at radius 2 is 1.89 bits per heavy atom. The van der Waals surface area contributed by atoms with E-state index in [0.717, 1.165) is 12.1 Å². The van der Waals surface area contributed by atoms with Crippen LogP contribution >= 0.6 is 11.6 Å². The predicted molar refractivity (Wildman–Crippen MR) is 121 cm³/mol. The number of aromatic amines is 1. The molecule has 1 aliphatic rings. The van der Waals surface area contributed by atoms with E-state index in [1.165, 1.54) is 16.8 Å². The maximum Gasteiger partial charge on any atom is 0.416 e. The van der Waals surface area contributed by atoms with Crippen molar-refractivity contribution in [2.45, 2.75) is 18.8 Å². The fourth-order valence-corrected chi connectivity index (χ4v) is 4.27. The highest BCUT2D eigenvalue weighted by Crippen LogP contribution is 2.38. The molecule has 0 saturated carbocycles. The molecule has 0 spiro atoms. The third-order valence-corrected chi connectivity index (χ3v) is 5.96. The molecular weight excluding hydrogens is 523 g/mol. The van der Waals surface area contributed by atoms with Gasteiger partial charge in [0.2, 0.25) is 5.91 Å². The van der Waals surface area contributed by atoms with E-state index < -0.39 is 46.8 Å². The summed E-state index contributed by atoms with van der Waals surface area (Å²) in [7, 11) is 0. The first-order chi connectivity index (χ1) is 17.5. The molecule has 2 aromatic heterocycles. The van der Waals surface area contributed by atoms with Gasteiger partial charge in [-0.15, -0.1) is 0 Å². The number of amides is 2. The lowest BCUT2D eigenvalue weighted by Gasteiger charge is -2.28. The zero-order valence-corrected chi connectivity index (χ0v) is 19.1. The molecule has 0 bridgehead atoms. The topological polar surface area (TPSA) is 105 Å². The normalized spacial score (nSPS) is 15.3. The number of anilines is 1. The lowest BCUT2D eigenvalue weighted by molar-refractivity contribution is -0.137. The SMILES string of the molecule is O=C1Cn2c(-c3ccn[nH]3)nc(NC(=O)c3cc(F)cc(C(F)(F)F)c3)c2C(c2cc(F)ccc2Cl)N1. The third-order valence-electron chi connectivity index (χ3n) is 5.62. The monoisotopic (exact) mass is 536 g/mol. The molecule has 190 valence electrons. The molecule has 3 heterocycles. The van der Waals surface area contributed by atoms with Gasteiger partial charge in [-0.05, 0) is 42.5 Å². The van der Waals surface area contributed by atoms with E-state index in [2.05, 4.69) is 25.8 Å². The van der Waals surface area contributed by atoms with Crippen LogP contribution in [0.25, 0.3) is 11.5 Å². The molecule has 1 unspecified atom stereocenters. The smallest absolute Gasteiger partial charge is 0.342 e. The van der Waals surface area contributed by atoms with Gasteiger partial charge in [-0.2, -0.15) is 18.3 Å². The van der Waals surface area contributed by atoms with Crippen molar-refractivity contribution in [3.8, 4) is 11.5 Å². The van der Waals surface area contributed by atoms with Crippen molar-refractivity contribution < 1.29 is 31.5 Å². The lowest BCUT2D eigenvalue weighted by atomic mass is 10.0. The number of carbonyl (C=O) groups excluding carboxylic acids is 2. The molecule has 4 aromatic rings. The Labute approximate surface area is 209 Å². The van der Waals surface area contributed by atoms with Crippen molar-refractivity contribution in [3.63, 3.8) is 0 Å². The zero-order valence-electron chi connectivity index (χ0n) is 18.3. The first kappa shape index (κ1) is 24.4. The minimum absolute atomic E-state index is 0.0988. The molecule has 2 aromatic carbocycles. The summed E-state index contributed by atoms with van der Waals surface area (Å²) in [6, 6.07) is 5.36. The van der Waals surface area contributed by atoms with Gasteiger partial charge >= 0.3 is 6.18 Å². The summed E-state index contributed by atoms with van der Waals surface area (Å²) in [4.78, 5) is 29.9. The molecule has 37 heavy (non-hydrogen) atoms. The van der Waals surface area contributed by atoms with Crippen LogP contribution in [0.5, 0.6) is 0 Å². The Morgan fingerprint density at radius 3 is 2.59 bits per heavy atom. The average molecular weight is 537 g/mol. The first-order valence-corrected chi connectivity index (χ1v) is 10.9. The second-order valence-electron chi connectivity index (χ2n) is 8.07. The largest absolute Gasteiger partial charge is 0.416 e. The van der Waals surface area contributed by atoms with Crippen LogP contribution in [0.4, 0.5) is 27.8 Å². The van der Waals surface area contributed by atoms with Crippen LogP contribution in [-0.2, 0) is 17.5 Å². The molecule has 3 N–H and O–H groups in total. The van der Waals surface area contributed by atoms with Gasteiger partial charge in [0.15, 0.2) is 11.6 Å². The number of hydrogen-bond acceptors (Lipinski definition) is 4. The number of aromatic nitrogens is 4. The number of halogens is 6. The fourth-order valence-electron chi connectivity index (χ4n) is 4.04. The number of imidazole rings is 1. The number of fused-ring (bicyclic) bond motifs is 1. The first-order valence-electron chi connectivity index (χ1n) is 10.5. The van der Waals surface area contributed by atoms with Crippen LogP contribution in [0.15, 0.2) is 48.7 Å². The minimum Gasteiger partial charge on any atom is -0.342 e. The summed E-state index contributed by atoms with van der Waals surface area (Å²) in [5.41, 5.74) is -1.30. The van der Waals surface area contributed by atoms with Gasteiger partial charge in [0.1, 0.15) is 23.9 Å². The molecule has 8 nitrogen and oxygen atoms in total. The molecule has 0 saturated heterocycles. The van der Waals surface area contributed by atoms with Crippen molar-refractivity contribution in [3.05, 3.63) is 87.7 Å². The predicted octanol–water partition coefficient (Wildman–Crippen LogP) is 4.70. The maximum atomic E-state index is 14.1. The molecule has 0 fully saturated rings. The van der Waals surface area contributed by atoms with E-state index >= 15 is 0 Å². The van der Waals surface area contributed by atoms with E-state index in [1.807, 2.05) is 0 Å². The Kier molecular flexibility index (Phi) is 5.94. The maximum absolute atomic E-state index is 14.1. The molecule has 0 aliphatic carbocycles. The Hall–Kier alpha value is -4.26. The standard InChI is InChI=1S/C23H14ClF5N6O2/c24-15-2-1-12(25)8-14(15)18-19-20(32-21(16-3-4-30-34-16)35(19)9-17(36)31-18)33-22(37)10-5-11(23(27,28)29)7-13(26)6-10/h1-8,18H,9H2,(H,30,34)(H,31,36)(H,33,37). The molecule has 14 heteroatoms. The highest BCUT2D eigenvalue weighted by Gasteiger charge is 2.36. The fraction of sp³-hybridized carbons (Fsp3) is 0.130. The van der Waals surface area contributed by atoms with E-state index in [9.17, 15) is 31.5 Å². The van der Waals surface area contributed by atoms with Crippen LogP contribution in [0.3, 0.4) is 0 Å². The minimum atomic E-state index is -4.89. The van der Waals surface area contributed by atoms with Crippen LogP contribution < -0.4 is 10.6 Å². The number of rotatable bonds is 4. The van der Waals surface area contributed by atoms with Crippen molar-refractivity contribution in [1.29, 1.82) is 0 Å². The van der Waals surface area contributed by atoms with Crippen molar-refractivity contribution in [2.24, 2.45) is 0 Å². The number of nitrogens with zero attached hydrogens (tertiary/aromatic N) is 3. The molecular formula is C23H14ClF5N6O2. The van der Waals surface area contributed by atoms with E-state index in [1.54, 1.807) is 6.07 Å². The van der Waals surface area contributed by atoms with Crippen molar-refractivity contribution >= 4 is 29.2 Å². The Morgan fingerprint density at radius 1 is 1.11 bits per heavy atom. The summed E-state index contributed by atoms with van der Waals surface area (Å²) in [5.74, 6) is -3.49. The summed E-state index contributed by atoms with van der Waals surface area (Å²) in [5, 5.41) is 11.7. The summed E-state index contributed by atoms with van der Waals surface area (Å²) >= 11 is 6.28. The number of alkyl halides is 3. The van der Waals surface area contributed by atoms with Gasteiger partial charge in [0, 0.05) is 22.3 Å². The second kappa shape index (κ2) is 9.00. The Balaban J connectivity index is 1.64. The van der Waals surface area contributed by atoms with E-state index in [0.29, 0.717) is 17.8 Å². The van der Waals surface area contributed by atoms with Gasteiger partial charge < -0.3 is 15.2 Å². The summed E-state index contributed by atoms with van der Waals surface area (Å²) in [6.45, 7) is -0.256. The summed E-state index contributed by atoms with van der Waals surface area (Å²) < 4.78 is 68.9. The van der Waals surface area contributed by atoms with Crippen LogP contribution in [0, 0.1) is 11.6 Å². The van der Waals surface area contributed by atoms with Crippen LogP contribution in [0.1, 0.15) is 33.2 Å². The quantitative estimate of drug-likeness (QED) is 0.329. The second-order valence-corrected chi connectivity index (χ2v) is 8.48. The molecule has 5 rings (SSSR count). The van der Waals surface area contributed by atoms with Crippen LogP contribution in [-0.4, -0.2) is 31.6 Å². The number of benzene rings is 2. The van der Waals surface area contributed by atoms with Gasteiger partial charge in [-0.3, -0.25) is 14.7 Å². The third kappa shape index (κ3) is 4.65. The Bertz CT molecular complexity index is 1530. The number of H-pyrrole nitrogens is 1. The van der Waals surface area contributed by atoms with Gasteiger partial charge in [-0.1, -0.05) is 11.6 Å². The highest BCUT2D eigenvalue weighted by atomic mass is 35.5. The molecule has 1 atom stereocenters. The molecule has 2 amide bonds. The van der Waals surface area contributed by atoms with Crippen molar-refractivity contribution in [1.82, 2.24) is 25.1 Å². The van der Waals surface area contributed by atoms with Gasteiger partial charge in [-0.25, -0.2) is 13.8 Å². The van der Waals surface area contributed by atoms with E-state index in [-0.39, 0.29) is 40.5 Å². The highest BCUT2D eigenvalue weighted by molar-refractivity contribution is 6.31. The lowest BCUT2D eigenvalue weighted by Crippen LogP contribution is -2.39. The van der Waals surface area contributed by atoms with Gasteiger partial charge in [0.05, 0.1) is 17.3 Å². The zero-order chi connectivity index (χ0) is 26.5. The molecule has 1 aliphatic heterocycles. The number of nitrogens with one attached hydrogen (secondary N) is 3. The van der Waals surface area contributed by atoms with Crippen LogP contribution in [0.2, 0.25) is 5.02 Å². The molecule has 0 radical (unpaired) electrons. The van der Waals surface area contributed by atoms with Crippen molar-refractivity contribution in [2.75, 3.05) is 5.32 Å². The average Bonchev–Trinajstić information content (AvgIpc) is 3.47. The van der Waals surface area contributed by atoms with Gasteiger partial charge in [0.25, 0.3) is 5.91 Å². The number of hydrogen-bond donors (Lipinski definition) is 3. The number of carbonyl (C=O) groups is 2. The van der Waals surface area contributed by atoms with E-state index in [4.69, 9.17) is 11.6 Å². The summed E-state index contributed by atoms with van der Waals surface area (Å²) in [6.07, 6.45) is -3.47.